The second-order valence-corrected chi connectivity index (χ2v) is 4.39. The van der Waals surface area contributed by atoms with Crippen LogP contribution in [0.15, 0.2) is 9.05 Å². The number of nitrogens with zero attached hydrogens (tertiary/aromatic N) is 4. The van der Waals surface area contributed by atoms with Gasteiger partial charge in [-0.2, -0.15) is 9.97 Å². The molecule has 0 bridgehead atoms. The van der Waals surface area contributed by atoms with E-state index in [9.17, 15) is 0 Å². The van der Waals surface area contributed by atoms with E-state index in [2.05, 4.69) is 20.3 Å². The van der Waals surface area contributed by atoms with Gasteiger partial charge in [0, 0.05) is 0 Å². The summed E-state index contributed by atoms with van der Waals surface area (Å²) in [6.45, 7) is 19.5. The fourth-order valence-electron chi connectivity index (χ4n) is 1.28. The molecule has 0 aliphatic rings. The molecule has 0 saturated carbocycles. The molecule has 154 valence electrons. The summed E-state index contributed by atoms with van der Waals surface area (Å²) in [6.07, 6.45) is 1.64. The van der Waals surface area contributed by atoms with Crippen LogP contribution in [0.25, 0.3) is 0 Å². The van der Waals surface area contributed by atoms with Crippen molar-refractivity contribution in [2.75, 3.05) is 0 Å². The number of aromatic nitrogens is 4. The number of nitrogens with two attached hydrogens (primary N) is 2. The first-order chi connectivity index (χ1) is 12.5. The van der Waals surface area contributed by atoms with Crippen LogP contribution in [0, 0.1) is 13.8 Å². The summed E-state index contributed by atoms with van der Waals surface area (Å²) in [7, 11) is 0. The van der Waals surface area contributed by atoms with E-state index in [0.29, 0.717) is 23.4 Å². The van der Waals surface area contributed by atoms with Crippen molar-refractivity contribution in [2.24, 2.45) is 11.5 Å². The molecular formula is C18H40N6O2. The molecule has 26 heavy (non-hydrogen) atoms. The van der Waals surface area contributed by atoms with E-state index in [4.69, 9.17) is 20.5 Å². The maximum absolute atomic E-state index is 5.61. The first-order valence-electron chi connectivity index (χ1n) is 9.59. The highest BCUT2D eigenvalue weighted by Crippen LogP contribution is 2.10. The Labute approximate surface area is 159 Å². The Balaban J connectivity index is -0.000000316. The van der Waals surface area contributed by atoms with Crippen LogP contribution in [0.1, 0.15) is 104 Å². The van der Waals surface area contributed by atoms with Gasteiger partial charge >= 0.3 is 0 Å². The molecule has 2 unspecified atom stereocenters. The second-order valence-electron chi connectivity index (χ2n) is 4.39. The molecule has 0 amide bonds. The van der Waals surface area contributed by atoms with E-state index in [-0.39, 0.29) is 12.1 Å². The molecule has 2 rings (SSSR count). The molecule has 0 fully saturated rings. The average molecular weight is 373 g/mol. The Morgan fingerprint density at radius 2 is 0.962 bits per heavy atom. The average Bonchev–Trinajstić information content (AvgIpc) is 3.34. The predicted molar refractivity (Wildman–Crippen MR) is 107 cm³/mol. The summed E-state index contributed by atoms with van der Waals surface area (Å²) in [5, 5.41) is 7.24. The third-order valence-electron chi connectivity index (χ3n) is 2.60. The van der Waals surface area contributed by atoms with Crippen LogP contribution in [-0.2, 0) is 0 Å². The first-order valence-corrected chi connectivity index (χ1v) is 9.59. The van der Waals surface area contributed by atoms with Gasteiger partial charge in [-0.15, -0.1) is 0 Å². The van der Waals surface area contributed by atoms with E-state index in [1.165, 1.54) is 0 Å². The van der Waals surface area contributed by atoms with Crippen molar-refractivity contribution in [2.45, 2.75) is 94.2 Å². The van der Waals surface area contributed by atoms with Crippen molar-refractivity contribution in [3.63, 3.8) is 0 Å². The standard InChI is InChI=1S/2C6H11N3O.3C2H6/c2*1-3-5(7)6-8-4(2)9-10-6;3*1-2/h2*5H,3,7H2,1-2H3;3*1-2H3. The lowest BCUT2D eigenvalue weighted by atomic mass is 10.2. The van der Waals surface area contributed by atoms with Crippen molar-refractivity contribution in [1.29, 1.82) is 0 Å². The fourth-order valence-corrected chi connectivity index (χ4v) is 1.28. The zero-order chi connectivity index (χ0) is 21.1. The number of aryl methyl sites for hydroxylation is 2. The predicted octanol–water partition coefficient (Wildman–Crippen LogP) is 4.65. The molecule has 4 N–H and O–H groups in total. The summed E-state index contributed by atoms with van der Waals surface area (Å²) in [5.41, 5.74) is 11.2. The minimum Gasteiger partial charge on any atom is -0.338 e. The summed E-state index contributed by atoms with van der Waals surface area (Å²) in [5.74, 6) is 2.33. The van der Waals surface area contributed by atoms with Crippen LogP contribution in [0.5, 0.6) is 0 Å². The number of hydrogen-bond acceptors (Lipinski definition) is 8. The van der Waals surface area contributed by atoms with Crippen LogP contribution in [0.3, 0.4) is 0 Å². The molecule has 0 aromatic carbocycles. The van der Waals surface area contributed by atoms with Gasteiger partial charge in [-0.05, 0) is 26.7 Å². The molecule has 0 radical (unpaired) electrons. The van der Waals surface area contributed by atoms with E-state index < -0.39 is 0 Å². The second kappa shape index (κ2) is 19.5. The lowest BCUT2D eigenvalue weighted by Gasteiger charge is -1.98. The lowest BCUT2D eigenvalue weighted by molar-refractivity contribution is 0.349. The normalized spacial score (nSPS) is 11.1. The Hall–Kier alpha value is -1.80. The van der Waals surface area contributed by atoms with Crippen molar-refractivity contribution in [3.8, 4) is 0 Å². The number of hydrogen-bond donors (Lipinski definition) is 2. The Bertz CT molecular complexity index is 467. The molecule has 2 aromatic heterocycles. The topological polar surface area (TPSA) is 130 Å². The fraction of sp³-hybridized carbons (Fsp3) is 0.778. The maximum atomic E-state index is 5.61. The molecule has 8 nitrogen and oxygen atoms in total. The molecule has 2 aromatic rings. The van der Waals surface area contributed by atoms with E-state index in [1.807, 2.05) is 55.4 Å². The van der Waals surface area contributed by atoms with Gasteiger partial charge in [0.05, 0.1) is 12.1 Å². The number of rotatable bonds is 4. The molecule has 0 aliphatic heterocycles. The van der Waals surface area contributed by atoms with Crippen LogP contribution >= 0.6 is 0 Å². The van der Waals surface area contributed by atoms with Crippen molar-refractivity contribution in [1.82, 2.24) is 20.3 Å². The Morgan fingerprint density at radius 1 is 0.692 bits per heavy atom. The summed E-state index contributed by atoms with van der Waals surface area (Å²) in [4.78, 5) is 7.96. The SMILES string of the molecule is CC.CC.CC.CCC(N)c1nc(C)no1.CCC(N)c1nc(C)no1. The van der Waals surface area contributed by atoms with Gasteiger partial charge in [0.1, 0.15) is 0 Å². The van der Waals surface area contributed by atoms with Crippen molar-refractivity contribution < 1.29 is 9.05 Å². The maximum Gasteiger partial charge on any atom is 0.243 e. The van der Waals surface area contributed by atoms with E-state index in [0.717, 1.165) is 12.8 Å². The Morgan fingerprint density at radius 3 is 1.12 bits per heavy atom. The zero-order valence-corrected chi connectivity index (χ0v) is 18.3. The van der Waals surface area contributed by atoms with Gasteiger partial charge in [0.25, 0.3) is 0 Å². The van der Waals surface area contributed by atoms with Crippen LogP contribution in [0.4, 0.5) is 0 Å². The summed E-state index contributed by atoms with van der Waals surface area (Å²) < 4.78 is 9.66. The highest BCUT2D eigenvalue weighted by atomic mass is 16.5. The van der Waals surface area contributed by atoms with Gasteiger partial charge in [-0.25, -0.2) is 0 Å². The van der Waals surface area contributed by atoms with E-state index in [1.54, 1.807) is 13.8 Å². The van der Waals surface area contributed by atoms with Crippen molar-refractivity contribution >= 4 is 0 Å². The molecule has 0 aliphatic carbocycles. The molecule has 8 heteroatoms. The first kappa shape index (κ1) is 29.0. The van der Waals surface area contributed by atoms with Crippen LogP contribution in [-0.4, -0.2) is 20.3 Å². The van der Waals surface area contributed by atoms with Gasteiger partial charge in [-0.1, -0.05) is 65.7 Å². The van der Waals surface area contributed by atoms with Crippen LogP contribution in [0.2, 0.25) is 0 Å². The third kappa shape index (κ3) is 12.5. The van der Waals surface area contributed by atoms with Crippen molar-refractivity contribution in [3.05, 3.63) is 23.4 Å². The zero-order valence-electron chi connectivity index (χ0n) is 18.3. The monoisotopic (exact) mass is 372 g/mol. The lowest BCUT2D eigenvalue weighted by Crippen LogP contribution is -2.08. The molecular weight excluding hydrogens is 332 g/mol. The quantitative estimate of drug-likeness (QED) is 0.792. The van der Waals surface area contributed by atoms with Crippen LogP contribution < -0.4 is 11.5 Å². The minimum absolute atomic E-state index is 0.110. The summed E-state index contributed by atoms with van der Waals surface area (Å²) in [6, 6.07) is -0.220. The largest absolute Gasteiger partial charge is 0.338 e. The highest BCUT2D eigenvalue weighted by Gasteiger charge is 2.10. The molecule has 0 spiro atoms. The van der Waals surface area contributed by atoms with E-state index >= 15 is 0 Å². The van der Waals surface area contributed by atoms with Gasteiger partial charge in [0.15, 0.2) is 11.6 Å². The highest BCUT2D eigenvalue weighted by molar-refractivity contribution is 4.89. The summed E-state index contributed by atoms with van der Waals surface area (Å²) >= 11 is 0. The molecule has 2 heterocycles. The van der Waals surface area contributed by atoms with Gasteiger partial charge < -0.3 is 20.5 Å². The smallest absolute Gasteiger partial charge is 0.243 e. The Kier molecular flexibility index (Phi) is 21.8. The third-order valence-corrected chi connectivity index (χ3v) is 2.60. The molecule has 2 atom stereocenters. The van der Waals surface area contributed by atoms with Gasteiger partial charge in [-0.3, -0.25) is 0 Å². The minimum atomic E-state index is -0.110. The van der Waals surface area contributed by atoms with Gasteiger partial charge in [0.2, 0.25) is 11.8 Å². The molecule has 0 saturated heterocycles.